The van der Waals surface area contributed by atoms with Crippen molar-refractivity contribution < 1.29 is 29.0 Å². The maximum atomic E-state index is 12.6. The maximum absolute atomic E-state index is 12.6. The predicted molar refractivity (Wildman–Crippen MR) is 98.3 cm³/mol. The van der Waals surface area contributed by atoms with Crippen LogP contribution in [0.5, 0.6) is 11.5 Å². The second kappa shape index (κ2) is 6.94. The van der Waals surface area contributed by atoms with E-state index in [2.05, 4.69) is 5.10 Å². The van der Waals surface area contributed by atoms with Crippen LogP contribution in [-0.4, -0.2) is 47.8 Å². The molecular formula is C19H17ClN2O6. The summed E-state index contributed by atoms with van der Waals surface area (Å²) in [5.74, 6) is -1.79. The van der Waals surface area contributed by atoms with E-state index in [1.165, 1.54) is 25.5 Å². The molecule has 9 heteroatoms. The number of hydrogen-bond acceptors (Lipinski definition) is 6. The third-order valence-electron chi connectivity index (χ3n) is 5.36. The van der Waals surface area contributed by atoms with Gasteiger partial charge in [-0.1, -0.05) is 23.8 Å². The number of allylic oxidation sites excluding steroid dienone is 2. The Morgan fingerprint density at radius 1 is 1.29 bits per heavy atom. The first-order valence-corrected chi connectivity index (χ1v) is 9.10. The summed E-state index contributed by atoms with van der Waals surface area (Å²) in [6.45, 7) is -0.570. The van der Waals surface area contributed by atoms with E-state index in [4.69, 9.17) is 26.2 Å². The lowest BCUT2D eigenvalue weighted by atomic mass is 9.85. The number of benzene rings is 1. The fraction of sp³-hybridized carbons (Fsp3) is 0.368. The zero-order valence-corrected chi connectivity index (χ0v) is 15.6. The maximum Gasteiger partial charge on any atom is 0.341 e. The van der Waals surface area contributed by atoms with E-state index in [9.17, 15) is 14.4 Å². The first-order chi connectivity index (χ1) is 13.4. The highest BCUT2D eigenvalue weighted by molar-refractivity contribution is 6.32. The summed E-state index contributed by atoms with van der Waals surface area (Å²) in [5, 5.41) is 13.9. The summed E-state index contributed by atoms with van der Waals surface area (Å²) in [4.78, 5) is 36.0. The van der Waals surface area contributed by atoms with Crippen LogP contribution in [0.3, 0.4) is 0 Å². The van der Waals surface area contributed by atoms with Crippen molar-refractivity contribution >= 4 is 35.6 Å². The van der Waals surface area contributed by atoms with Gasteiger partial charge in [0, 0.05) is 0 Å². The number of amides is 2. The molecule has 28 heavy (non-hydrogen) atoms. The Kier molecular flexibility index (Phi) is 4.58. The molecule has 8 nitrogen and oxygen atoms in total. The van der Waals surface area contributed by atoms with Gasteiger partial charge in [-0.15, -0.1) is 0 Å². The minimum absolute atomic E-state index is 0.0919. The van der Waals surface area contributed by atoms with Crippen molar-refractivity contribution in [3.05, 3.63) is 34.9 Å². The number of imide groups is 1. The molecule has 1 heterocycles. The van der Waals surface area contributed by atoms with Gasteiger partial charge < -0.3 is 14.6 Å². The molecule has 1 aromatic rings. The number of halogens is 1. The summed E-state index contributed by atoms with van der Waals surface area (Å²) in [6.07, 6.45) is 6.24. The second-order valence-electron chi connectivity index (χ2n) is 6.95. The molecule has 4 atom stereocenters. The lowest BCUT2D eigenvalue weighted by Crippen LogP contribution is -2.28. The van der Waals surface area contributed by atoms with E-state index in [-0.39, 0.29) is 52.0 Å². The zero-order valence-electron chi connectivity index (χ0n) is 14.9. The van der Waals surface area contributed by atoms with Crippen molar-refractivity contribution in [1.82, 2.24) is 5.01 Å². The highest BCUT2D eigenvalue weighted by Gasteiger charge is 2.59. The number of carbonyl (C=O) groups excluding carboxylic acids is 2. The van der Waals surface area contributed by atoms with Crippen molar-refractivity contribution in [3.8, 4) is 11.5 Å². The summed E-state index contributed by atoms with van der Waals surface area (Å²) in [5.41, 5.74) is 0.475. The minimum atomic E-state index is -1.15. The first-order valence-electron chi connectivity index (χ1n) is 8.73. The van der Waals surface area contributed by atoms with E-state index in [0.717, 1.165) is 11.4 Å². The SMILES string of the molecule is COc1cc(/C=N\N2C(=O)[C@@H]3[C@H](C2=O)[C@@H]2C=C[C@@H]3C2)cc(Cl)c1OCC(=O)O. The Morgan fingerprint density at radius 2 is 1.93 bits per heavy atom. The van der Waals surface area contributed by atoms with Crippen molar-refractivity contribution in [1.29, 1.82) is 0 Å². The van der Waals surface area contributed by atoms with Gasteiger partial charge in [-0.3, -0.25) is 9.59 Å². The molecule has 1 aliphatic heterocycles. The van der Waals surface area contributed by atoms with Crippen LogP contribution in [0.1, 0.15) is 12.0 Å². The number of fused-ring (bicyclic) bond motifs is 5. The van der Waals surface area contributed by atoms with Gasteiger partial charge in [0.1, 0.15) is 0 Å². The van der Waals surface area contributed by atoms with Crippen molar-refractivity contribution in [2.75, 3.05) is 13.7 Å². The molecule has 146 valence electrons. The fourth-order valence-corrected chi connectivity index (χ4v) is 4.49. The summed E-state index contributed by atoms with van der Waals surface area (Å²) in [6, 6.07) is 3.02. The molecule has 0 spiro atoms. The van der Waals surface area contributed by atoms with Crippen LogP contribution in [0.4, 0.5) is 0 Å². The van der Waals surface area contributed by atoms with E-state index >= 15 is 0 Å². The Morgan fingerprint density at radius 3 is 2.50 bits per heavy atom. The van der Waals surface area contributed by atoms with Crippen LogP contribution in [0.2, 0.25) is 5.02 Å². The number of carboxylic acid groups (broad SMARTS) is 1. The van der Waals surface area contributed by atoms with Gasteiger partial charge >= 0.3 is 5.97 Å². The van der Waals surface area contributed by atoms with Crippen LogP contribution in [0.25, 0.3) is 0 Å². The largest absolute Gasteiger partial charge is 0.493 e. The number of rotatable bonds is 6. The molecule has 1 N–H and O–H groups in total. The summed E-state index contributed by atoms with van der Waals surface area (Å²) >= 11 is 6.16. The number of carboxylic acids is 1. The molecule has 1 saturated heterocycles. The molecule has 1 saturated carbocycles. The molecular weight excluding hydrogens is 388 g/mol. The Hall–Kier alpha value is -2.87. The molecule has 0 radical (unpaired) electrons. The quantitative estimate of drug-likeness (QED) is 0.441. The number of nitrogens with zero attached hydrogens (tertiary/aromatic N) is 2. The topological polar surface area (TPSA) is 106 Å². The normalized spacial score (nSPS) is 27.7. The Balaban J connectivity index is 1.55. The smallest absolute Gasteiger partial charge is 0.341 e. The minimum Gasteiger partial charge on any atom is -0.493 e. The Labute approximate surface area is 165 Å². The summed E-state index contributed by atoms with van der Waals surface area (Å²) < 4.78 is 10.3. The standard InChI is InChI=1S/C19H17ClN2O6/c1-27-13-5-9(4-12(20)17(13)28-8-14(23)24)7-21-22-18(25)15-10-2-3-11(6-10)16(15)19(22)26/h2-5,7,10-11,15-16H,6,8H2,1H3,(H,23,24)/b21-7-/t10-,11-,15-,16+/m1/s1. The van der Waals surface area contributed by atoms with Crippen molar-refractivity contribution in [2.45, 2.75) is 6.42 Å². The van der Waals surface area contributed by atoms with Gasteiger partial charge in [0.15, 0.2) is 18.1 Å². The van der Waals surface area contributed by atoms with Crippen LogP contribution >= 0.6 is 11.6 Å². The van der Waals surface area contributed by atoms with E-state index in [1.54, 1.807) is 0 Å². The van der Waals surface area contributed by atoms with Gasteiger partial charge in [-0.2, -0.15) is 10.1 Å². The van der Waals surface area contributed by atoms with Gasteiger partial charge in [-0.25, -0.2) is 4.79 Å². The predicted octanol–water partition coefficient (Wildman–Crippen LogP) is 1.95. The van der Waals surface area contributed by atoms with Gasteiger partial charge in [0.2, 0.25) is 0 Å². The Bertz CT molecular complexity index is 897. The summed E-state index contributed by atoms with van der Waals surface area (Å²) in [7, 11) is 1.39. The van der Waals surface area contributed by atoms with Crippen molar-refractivity contribution in [3.63, 3.8) is 0 Å². The number of hydrogen-bond donors (Lipinski definition) is 1. The average Bonchev–Trinajstić information content (AvgIpc) is 3.33. The molecule has 3 aliphatic rings. The van der Waals surface area contributed by atoms with Crippen LogP contribution in [0, 0.1) is 23.7 Å². The highest BCUT2D eigenvalue weighted by Crippen LogP contribution is 2.52. The molecule has 2 amide bonds. The molecule has 2 fully saturated rings. The number of carbonyl (C=O) groups is 3. The highest BCUT2D eigenvalue weighted by atomic mass is 35.5. The molecule has 2 aliphatic carbocycles. The molecule has 4 rings (SSSR count). The monoisotopic (exact) mass is 404 g/mol. The molecule has 0 unspecified atom stereocenters. The average molecular weight is 405 g/mol. The first kappa shape index (κ1) is 18.5. The van der Waals surface area contributed by atoms with Gasteiger partial charge in [-0.05, 0) is 36.0 Å². The molecule has 2 bridgehead atoms. The van der Waals surface area contributed by atoms with Gasteiger partial charge in [0.25, 0.3) is 11.8 Å². The molecule has 1 aromatic carbocycles. The number of hydrazone groups is 1. The second-order valence-corrected chi connectivity index (χ2v) is 7.36. The molecule has 0 aromatic heterocycles. The lowest BCUT2D eigenvalue weighted by molar-refractivity contribution is -0.141. The van der Waals surface area contributed by atoms with Crippen LogP contribution in [0.15, 0.2) is 29.4 Å². The number of aliphatic carboxylic acids is 1. The number of methoxy groups -OCH3 is 1. The zero-order chi connectivity index (χ0) is 20.0. The lowest BCUT2D eigenvalue weighted by Gasteiger charge is -2.13. The van der Waals surface area contributed by atoms with Crippen LogP contribution in [-0.2, 0) is 14.4 Å². The van der Waals surface area contributed by atoms with E-state index in [1.807, 2.05) is 12.2 Å². The van der Waals surface area contributed by atoms with Crippen molar-refractivity contribution in [2.24, 2.45) is 28.8 Å². The third kappa shape index (κ3) is 2.93. The fourth-order valence-electron chi connectivity index (χ4n) is 4.21. The van der Waals surface area contributed by atoms with E-state index < -0.39 is 12.6 Å². The van der Waals surface area contributed by atoms with Crippen LogP contribution < -0.4 is 9.47 Å². The number of ether oxygens (including phenoxy) is 2. The third-order valence-corrected chi connectivity index (χ3v) is 5.64. The van der Waals surface area contributed by atoms with Gasteiger partial charge in [0.05, 0.1) is 30.2 Å². The van der Waals surface area contributed by atoms with E-state index in [0.29, 0.717) is 5.56 Å².